The lowest BCUT2D eigenvalue weighted by atomic mass is 10.1. The fourth-order valence-corrected chi connectivity index (χ4v) is 1.78. The van der Waals surface area contributed by atoms with Crippen molar-refractivity contribution in [2.24, 2.45) is 0 Å². The van der Waals surface area contributed by atoms with E-state index >= 15 is 0 Å². The number of nitrogens with zero attached hydrogens (tertiary/aromatic N) is 1. The van der Waals surface area contributed by atoms with E-state index in [9.17, 15) is 0 Å². The highest BCUT2D eigenvalue weighted by atomic mass is 16.7. The molecule has 0 amide bonds. The van der Waals surface area contributed by atoms with Crippen LogP contribution >= 0.6 is 0 Å². The fraction of sp³-hybridized carbons (Fsp3) is 1.00. The van der Waals surface area contributed by atoms with Gasteiger partial charge < -0.3 is 18.9 Å². The van der Waals surface area contributed by atoms with Gasteiger partial charge in [0.25, 0.3) is 0 Å². The van der Waals surface area contributed by atoms with Gasteiger partial charge in [-0.15, -0.1) is 0 Å². The number of hydrogen-bond donors (Lipinski definition) is 0. The molecular weight excluding hydrogens is 246 g/mol. The summed E-state index contributed by atoms with van der Waals surface area (Å²) in [5, 5.41) is 0. The molecule has 5 heteroatoms. The van der Waals surface area contributed by atoms with Gasteiger partial charge in [-0.25, -0.2) is 0 Å². The Morgan fingerprint density at radius 3 is 1.53 bits per heavy atom. The van der Waals surface area contributed by atoms with Crippen molar-refractivity contribution < 1.29 is 18.9 Å². The minimum Gasteiger partial charge on any atom is -0.359 e. The standard InChI is InChI=1S/C14H31NO4/c1-14(2,3)15(8-6-10-18-12-16-4)9-7-11-19-13-17-5/h6-13H2,1-5H3. The third kappa shape index (κ3) is 11.3. The summed E-state index contributed by atoms with van der Waals surface area (Å²) < 4.78 is 20.3. The van der Waals surface area contributed by atoms with E-state index in [-0.39, 0.29) is 5.54 Å². The summed E-state index contributed by atoms with van der Waals surface area (Å²) in [4.78, 5) is 2.46. The fourth-order valence-electron chi connectivity index (χ4n) is 1.78. The molecule has 0 unspecified atom stereocenters. The van der Waals surface area contributed by atoms with Crippen LogP contribution in [0.15, 0.2) is 0 Å². The molecular formula is C14H31NO4. The number of ether oxygens (including phenoxy) is 4. The van der Waals surface area contributed by atoms with Gasteiger partial charge in [-0.1, -0.05) is 0 Å². The molecule has 0 saturated carbocycles. The maximum absolute atomic E-state index is 5.31. The first-order valence-corrected chi connectivity index (χ1v) is 6.90. The molecule has 0 aromatic rings. The van der Waals surface area contributed by atoms with E-state index in [2.05, 4.69) is 25.7 Å². The number of rotatable bonds is 12. The minimum absolute atomic E-state index is 0.169. The molecule has 0 N–H and O–H groups in total. The molecule has 19 heavy (non-hydrogen) atoms. The zero-order valence-electron chi connectivity index (χ0n) is 13.2. The zero-order valence-corrected chi connectivity index (χ0v) is 13.2. The van der Waals surface area contributed by atoms with Crippen molar-refractivity contribution in [3.05, 3.63) is 0 Å². The molecule has 0 aliphatic rings. The molecule has 0 fully saturated rings. The Hall–Kier alpha value is -0.200. The van der Waals surface area contributed by atoms with Crippen LogP contribution in [0, 0.1) is 0 Å². The van der Waals surface area contributed by atoms with Crippen LogP contribution in [0.5, 0.6) is 0 Å². The van der Waals surface area contributed by atoms with Gasteiger partial charge in [0.2, 0.25) is 0 Å². The van der Waals surface area contributed by atoms with Gasteiger partial charge >= 0.3 is 0 Å². The van der Waals surface area contributed by atoms with Crippen molar-refractivity contribution in [1.82, 2.24) is 4.90 Å². The third-order valence-electron chi connectivity index (χ3n) is 2.78. The quantitative estimate of drug-likeness (QED) is 0.403. The van der Waals surface area contributed by atoms with Crippen molar-refractivity contribution >= 4 is 0 Å². The summed E-state index contributed by atoms with van der Waals surface area (Å²) in [7, 11) is 3.28. The highest BCUT2D eigenvalue weighted by molar-refractivity contribution is 4.75. The first kappa shape index (κ1) is 18.8. The van der Waals surface area contributed by atoms with Crippen molar-refractivity contribution in [3.8, 4) is 0 Å². The lowest BCUT2D eigenvalue weighted by Gasteiger charge is -2.35. The summed E-state index contributed by atoms with van der Waals surface area (Å²) in [5.41, 5.74) is 0.169. The molecule has 0 aliphatic heterocycles. The summed E-state index contributed by atoms with van der Waals surface area (Å²) in [5.74, 6) is 0. The highest BCUT2D eigenvalue weighted by Crippen LogP contribution is 2.14. The predicted molar refractivity (Wildman–Crippen MR) is 76.2 cm³/mol. The van der Waals surface area contributed by atoms with Crippen molar-refractivity contribution in [2.45, 2.75) is 39.2 Å². The Kier molecular flexibility index (Phi) is 11.5. The van der Waals surface area contributed by atoms with Gasteiger partial charge in [0.1, 0.15) is 13.6 Å². The van der Waals surface area contributed by atoms with Crippen molar-refractivity contribution in [2.75, 3.05) is 54.1 Å². The lowest BCUT2D eigenvalue weighted by molar-refractivity contribution is -0.0389. The molecule has 0 saturated heterocycles. The smallest absolute Gasteiger partial charge is 0.146 e. The number of hydrogen-bond acceptors (Lipinski definition) is 5. The van der Waals surface area contributed by atoms with Gasteiger partial charge in [-0.3, -0.25) is 4.90 Å². The highest BCUT2D eigenvalue weighted by Gasteiger charge is 2.20. The first-order chi connectivity index (χ1) is 9.02. The van der Waals surface area contributed by atoms with Crippen LogP contribution in [-0.4, -0.2) is 64.5 Å². The molecule has 116 valence electrons. The monoisotopic (exact) mass is 277 g/mol. The van der Waals surface area contributed by atoms with Crippen LogP contribution in [0.25, 0.3) is 0 Å². The van der Waals surface area contributed by atoms with Gasteiger partial charge in [-0.05, 0) is 33.6 Å². The molecule has 0 spiro atoms. The maximum atomic E-state index is 5.31. The van der Waals surface area contributed by atoms with Gasteiger partial charge in [0.15, 0.2) is 0 Å². The topological polar surface area (TPSA) is 40.2 Å². The zero-order chi connectivity index (χ0) is 14.6. The van der Waals surface area contributed by atoms with E-state index in [1.807, 2.05) is 0 Å². The van der Waals surface area contributed by atoms with Crippen LogP contribution in [0.4, 0.5) is 0 Å². The Morgan fingerprint density at radius 1 is 0.789 bits per heavy atom. The molecule has 0 aliphatic carbocycles. The lowest BCUT2D eigenvalue weighted by Crippen LogP contribution is -2.43. The minimum atomic E-state index is 0.169. The second-order valence-corrected chi connectivity index (χ2v) is 5.49. The van der Waals surface area contributed by atoms with E-state index in [1.165, 1.54) is 0 Å². The first-order valence-electron chi connectivity index (χ1n) is 6.90. The second kappa shape index (κ2) is 11.6. The third-order valence-corrected chi connectivity index (χ3v) is 2.78. The summed E-state index contributed by atoms with van der Waals surface area (Å²) in [6, 6.07) is 0. The Bertz CT molecular complexity index is 180. The molecule has 0 aromatic carbocycles. The van der Waals surface area contributed by atoms with E-state index in [1.54, 1.807) is 14.2 Å². The van der Waals surface area contributed by atoms with Gasteiger partial charge in [0.05, 0.1) is 13.2 Å². The van der Waals surface area contributed by atoms with Gasteiger partial charge in [0, 0.05) is 32.8 Å². The SMILES string of the molecule is COCOCCCN(CCCOCOC)C(C)(C)C. The molecule has 0 bridgehead atoms. The number of methoxy groups -OCH3 is 2. The summed E-state index contributed by atoms with van der Waals surface area (Å²) in [6.07, 6.45) is 2.03. The average Bonchev–Trinajstić information content (AvgIpc) is 2.34. The Morgan fingerprint density at radius 2 is 1.21 bits per heavy atom. The summed E-state index contributed by atoms with van der Waals surface area (Å²) >= 11 is 0. The predicted octanol–water partition coefficient (Wildman–Crippen LogP) is 2.11. The normalized spacial score (nSPS) is 12.3. The van der Waals surface area contributed by atoms with Crippen LogP contribution in [-0.2, 0) is 18.9 Å². The molecule has 0 rings (SSSR count). The van der Waals surface area contributed by atoms with E-state index in [0.717, 1.165) is 39.1 Å². The Labute approximate surface area is 118 Å². The van der Waals surface area contributed by atoms with Crippen LogP contribution < -0.4 is 0 Å². The van der Waals surface area contributed by atoms with E-state index in [4.69, 9.17) is 18.9 Å². The average molecular weight is 277 g/mol. The molecule has 0 atom stereocenters. The van der Waals surface area contributed by atoms with E-state index in [0.29, 0.717) is 13.6 Å². The van der Waals surface area contributed by atoms with E-state index < -0.39 is 0 Å². The van der Waals surface area contributed by atoms with Gasteiger partial charge in [-0.2, -0.15) is 0 Å². The van der Waals surface area contributed by atoms with Crippen molar-refractivity contribution in [1.29, 1.82) is 0 Å². The van der Waals surface area contributed by atoms with Crippen LogP contribution in [0.3, 0.4) is 0 Å². The van der Waals surface area contributed by atoms with Crippen LogP contribution in [0.2, 0.25) is 0 Å². The Balaban J connectivity index is 3.77. The summed E-state index contributed by atoms with van der Waals surface area (Å²) in [6.45, 7) is 11.0. The molecule has 0 aromatic heterocycles. The maximum Gasteiger partial charge on any atom is 0.146 e. The van der Waals surface area contributed by atoms with Crippen molar-refractivity contribution in [3.63, 3.8) is 0 Å². The largest absolute Gasteiger partial charge is 0.359 e. The second-order valence-electron chi connectivity index (χ2n) is 5.49. The molecule has 5 nitrogen and oxygen atoms in total. The molecule has 0 radical (unpaired) electrons. The van der Waals surface area contributed by atoms with Crippen LogP contribution in [0.1, 0.15) is 33.6 Å². The molecule has 0 heterocycles.